The smallest absolute Gasteiger partial charge is 0.00182 e. The minimum atomic E-state index is 0.534. The Morgan fingerprint density at radius 2 is 1.80 bits per heavy atom. The van der Waals surface area contributed by atoms with Gasteiger partial charge in [-0.1, -0.05) is 24.3 Å². The lowest BCUT2D eigenvalue weighted by Crippen LogP contribution is -2.55. The van der Waals surface area contributed by atoms with Crippen molar-refractivity contribution < 1.29 is 0 Å². The van der Waals surface area contributed by atoms with Gasteiger partial charge in [0.2, 0.25) is 0 Å². The summed E-state index contributed by atoms with van der Waals surface area (Å²) in [6.07, 6.45) is 7.40. The van der Waals surface area contributed by atoms with Crippen molar-refractivity contribution in [2.24, 2.45) is 23.7 Å². The SMILES string of the molecule is CNCC1C2CC3CC1CC(c1ccccc1C)(C3)C2. The van der Waals surface area contributed by atoms with E-state index in [0.29, 0.717) is 5.41 Å². The standard InChI is InChI=1S/C19H27N/c1-13-5-3-4-6-18(13)19-9-14-7-15(10-19)17(12-20-2)16(8-14)11-19/h3-6,14-17,20H,7-12H2,1-2H3. The van der Waals surface area contributed by atoms with E-state index in [4.69, 9.17) is 0 Å². The summed E-state index contributed by atoms with van der Waals surface area (Å²) in [7, 11) is 2.13. The lowest BCUT2D eigenvalue weighted by Gasteiger charge is -2.61. The van der Waals surface area contributed by atoms with Crippen LogP contribution in [0.4, 0.5) is 0 Å². The largest absolute Gasteiger partial charge is 0.319 e. The minimum Gasteiger partial charge on any atom is -0.319 e. The van der Waals surface area contributed by atoms with Crippen LogP contribution in [-0.2, 0) is 5.41 Å². The lowest BCUT2D eigenvalue weighted by atomic mass is 9.44. The summed E-state index contributed by atoms with van der Waals surface area (Å²) in [5, 5.41) is 3.46. The molecule has 0 spiro atoms. The summed E-state index contributed by atoms with van der Waals surface area (Å²) in [4.78, 5) is 0. The molecule has 4 fully saturated rings. The van der Waals surface area contributed by atoms with Crippen molar-refractivity contribution in [3.8, 4) is 0 Å². The fraction of sp³-hybridized carbons (Fsp3) is 0.684. The second kappa shape index (κ2) is 4.59. The second-order valence-corrected chi connectivity index (χ2v) is 7.79. The van der Waals surface area contributed by atoms with Crippen LogP contribution >= 0.6 is 0 Å². The van der Waals surface area contributed by atoms with Crippen LogP contribution in [0.1, 0.15) is 43.2 Å². The summed E-state index contributed by atoms with van der Waals surface area (Å²) in [6.45, 7) is 3.56. The Kier molecular flexibility index (Phi) is 2.96. The van der Waals surface area contributed by atoms with Crippen LogP contribution in [0.25, 0.3) is 0 Å². The minimum absolute atomic E-state index is 0.534. The number of nitrogens with one attached hydrogen (secondary N) is 1. The van der Waals surface area contributed by atoms with Crippen LogP contribution in [0.3, 0.4) is 0 Å². The molecule has 4 aliphatic rings. The van der Waals surface area contributed by atoms with Gasteiger partial charge < -0.3 is 5.32 Å². The molecule has 0 amide bonds. The molecule has 108 valence electrons. The monoisotopic (exact) mass is 269 g/mol. The Bertz CT molecular complexity index is 490. The molecule has 1 aromatic carbocycles. The van der Waals surface area contributed by atoms with Crippen molar-refractivity contribution in [1.82, 2.24) is 5.32 Å². The van der Waals surface area contributed by atoms with E-state index >= 15 is 0 Å². The van der Waals surface area contributed by atoms with Gasteiger partial charge in [-0.3, -0.25) is 0 Å². The second-order valence-electron chi connectivity index (χ2n) is 7.79. The van der Waals surface area contributed by atoms with E-state index in [9.17, 15) is 0 Å². The highest BCUT2D eigenvalue weighted by molar-refractivity contribution is 5.36. The summed E-state index contributed by atoms with van der Waals surface area (Å²) >= 11 is 0. The van der Waals surface area contributed by atoms with Gasteiger partial charge in [0.1, 0.15) is 0 Å². The summed E-state index contributed by atoms with van der Waals surface area (Å²) < 4.78 is 0. The molecule has 0 radical (unpaired) electrons. The van der Waals surface area contributed by atoms with Crippen LogP contribution in [0.15, 0.2) is 24.3 Å². The molecule has 0 aromatic heterocycles. The molecule has 4 saturated carbocycles. The quantitative estimate of drug-likeness (QED) is 0.877. The molecule has 20 heavy (non-hydrogen) atoms. The third kappa shape index (κ3) is 1.79. The third-order valence-corrected chi connectivity index (χ3v) is 6.62. The van der Waals surface area contributed by atoms with Gasteiger partial charge in [-0.15, -0.1) is 0 Å². The van der Waals surface area contributed by atoms with Crippen LogP contribution in [0.2, 0.25) is 0 Å². The molecule has 0 saturated heterocycles. The van der Waals surface area contributed by atoms with Crippen LogP contribution in [0, 0.1) is 30.6 Å². The number of aryl methyl sites for hydroxylation is 1. The summed E-state index contributed by atoms with van der Waals surface area (Å²) in [5.41, 5.74) is 3.74. The molecule has 0 aliphatic heterocycles. The van der Waals surface area contributed by atoms with Crippen molar-refractivity contribution in [1.29, 1.82) is 0 Å². The molecule has 4 aliphatic carbocycles. The maximum Gasteiger partial charge on any atom is -0.00182 e. The molecule has 2 unspecified atom stereocenters. The Balaban J connectivity index is 1.70. The first-order valence-electron chi connectivity index (χ1n) is 8.42. The molecule has 2 atom stereocenters. The highest BCUT2D eigenvalue weighted by atomic mass is 14.8. The van der Waals surface area contributed by atoms with Crippen molar-refractivity contribution in [2.75, 3.05) is 13.6 Å². The highest BCUT2D eigenvalue weighted by Gasteiger charge is 2.55. The van der Waals surface area contributed by atoms with E-state index < -0.39 is 0 Å². The van der Waals surface area contributed by atoms with E-state index in [-0.39, 0.29) is 0 Å². The first kappa shape index (κ1) is 12.9. The molecular weight excluding hydrogens is 242 g/mol. The van der Waals surface area contributed by atoms with E-state index in [1.165, 1.54) is 44.2 Å². The topological polar surface area (TPSA) is 12.0 Å². The average molecular weight is 269 g/mol. The van der Waals surface area contributed by atoms with Gasteiger partial charge in [-0.25, -0.2) is 0 Å². The highest BCUT2D eigenvalue weighted by Crippen LogP contribution is 2.62. The van der Waals surface area contributed by atoms with Crippen LogP contribution in [0.5, 0.6) is 0 Å². The maximum atomic E-state index is 3.46. The van der Waals surface area contributed by atoms with Gasteiger partial charge in [0.05, 0.1) is 0 Å². The molecule has 1 heteroatoms. The summed E-state index contributed by atoms with van der Waals surface area (Å²) in [5.74, 6) is 3.93. The molecule has 1 aromatic rings. The predicted octanol–water partition coefficient (Wildman–Crippen LogP) is 3.91. The number of rotatable bonds is 3. The average Bonchev–Trinajstić information content (AvgIpc) is 2.42. The first-order valence-corrected chi connectivity index (χ1v) is 8.42. The normalized spacial score (nSPS) is 42.1. The van der Waals surface area contributed by atoms with E-state index in [2.05, 4.69) is 43.6 Å². The molecular formula is C19H27N. The molecule has 0 heterocycles. The van der Waals surface area contributed by atoms with Gasteiger partial charge in [-0.05, 0) is 92.8 Å². The zero-order valence-electron chi connectivity index (χ0n) is 12.9. The van der Waals surface area contributed by atoms with Gasteiger partial charge in [0.15, 0.2) is 0 Å². The Hall–Kier alpha value is -0.820. The number of hydrogen-bond donors (Lipinski definition) is 1. The Morgan fingerprint density at radius 1 is 1.10 bits per heavy atom. The van der Waals surface area contributed by atoms with E-state index in [1.807, 2.05) is 0 Å². The maximum absolute atomic E-state index is 3.46. The Morgan fingerprint density at radius 3 is 2.45 bits per heavy atom. The number of hydrogen-bond acceptors (Lipinski definition) is 1. The van der Waals surface area contributed by atoms with Gasteiger partial charge in [-0.2, -0.15) is 0 Å². The Labute approximate surface area is 123 Å². The van der Waals surface area contributed by atoms with E-state index in [0.717, 1.165) is 23.7 Å². The molecule has 4 bridgehead atoms. The molecule has 1 N–H and O–H groups in total. The van der Waals surface area contributed by atoms with Crippen molar-refractivity contribution >= 4 is 0 Å². The lowest BCUT2D eigenvalue weighted by molar-refractivity contribution is -0.0548. The van der Waals surface area contributed by atoms with Crippen molar-refractivity contribution in [2.45, 2.75) is 44.4 Å². The molecule has 1 nitrogen and oxygen atoms in total. The predicted molar refractivity (Wildman–Crippen MR) is 83.8 cm³/mol. The zero-order chi connectivity index (χ0) is 13.7. The van der Waals surface area contributed by atoms with Crippen molar-refractivity contribution in [3.63, 3.8) is 0 Å². The van der Waals surface area contributed by atoms with Crippen LogP contribution in [-0.4, -0.2) is 13.6 Å². The van der Waals surface area contributed by atoms with Gasteiger partial charge in [0.25, 0.3) is 0 Å². The molecule has 5 rings (SSSR count). The van der Waals surface area contributed by atoms with Gasteiger partial charge >= 0.3 is 0 Å². The first-order chi connectivity index (χ1) is 9.72. The fourth-order valence-electron chi connectivity index (χ4n) is 6.20. The van der Waals surface area contributed by atoms with Gasteiger partial charge in [0, 0.05) is 0 Å². The fourth-order valence-corrected chi connectivity index (χ4v) is 6.20. The zero-order valence-corrected chi connectivity index (χ0v) is 12.9. The van der Waals surface area contributed by atoms with Crippen molar-refractivity contribution in [3.05, 3.63) is 35.4 Å². The van der Waals surface area contributed by atoms with E-state index in [1.54, 1.807) is 5.56 Å². The summed E-state index contributed by atoms with van der Waals surface area (Å²) in [6, 6.07) is 9.20. The number of benzene rings is 1. The van der Waals surface area contributed by atoms with Crippen LogP contribution < -0.4 is 5.32 Å². The third-order valence-electron chi connectivity index (χ3n) is 6.62.